The van der Waals surface area contributed by atoms with Gasteiger partial charge in [-0.15, -0.1) is 0 Å². The summed E-state index contributed by atoms with van der Waals surface area (Å²) in [6, 6.07) is 15.6. The second-order valence-electron chi connectivity index (χ2n) is 5.39. The summed E-state index contributed by atoms with van der Waals surface area (Å²) in [5.74, 6) is 1.93. The van der Waals surface area contributed by atoms with Gasteiger partial charge in [0, 0.05) is 0 Å². The first kappa shape index (κ1) is 10.8. The summed E-state index contributed by atoms with van der Waals surface area (Å²) < 4.78 is 0. The molecule has 0 heteroatoms. The molecule has 1 aliphatic rings. The zero-order valence-corrected chi connectivity index (χ0v) is 10.5. The van der Waals surface area contributed by atoms with Crippen molar-refractivity contribution in [3.8, 4) is 0 Å². The molecule has 1 aliphatic carbocycles. The van der Waals surface area contributed by atoms with Crippen molar-refractivity contribution >= 4 is 10.8 Å². The van der Waals surface area contributed by atoms with Gasteiger partial charge in [-0.25, -0.2) is 0 Å². The first-order chi connectivity index (χ1) is 8.36. The lowest BCUT2D eigenvalue weighted by Crippen LogP contribution is -2.05. The van der Waals surface area contributed by atoms with Crippen molar-refractivity contribution in [2.45, 2.75) is 32.6 Å². The Kier molecular flexibility index (Phi) is 2.88. The molecular formula is C17H20. The first-order valence-corrected chi connectivity index (χ1v) is 6.84. The lowest BCUT2D eigenvalue weighted by atomic mass is 9.91. The fourth-order valence-corrected chi connectivity index (χ4v) is 2.88. The van der Waals surface area contributed by atoms with Gasteiger partial charge in [-0.3, -0.25) is 0 Å². The predicted octanol–water partition coefficient (Wildman–Crippen LogP) is 4.82. The summed E-state index contributed by atoms with van der Waals surface area (Å²) in [6.45, 7) is 2.34. The molecule has 0 saturated heterocycles. The Balaban J connectivity index is 1.84. The minimum absolute atomic E-state index is 0.913. The van der Waals surface area contributed by atoms with E-state index in [9.17, 15) is 0 Å². The van der Waals surface area contributed by atoms with Crippen LogP contribution in [0, 0.1) is 11.8 Å². The number of benzene rings is 2. The van der Waals surface area contributed by atoms with Gasteiger partial charge in [-0.05, 0) is 47.4 Å². The maximum atomic E-state index is 2.38. The molecule has 1 atom stereocenters. The minimum Gasteiger partial charge on any atom is -0.0651 e. The Morgan fingerprint density at radius 3 is 2.53 bits per heavy atom. The standard InChI is InChI=1S/C17H20/c1-2-14(16-9-10-16)11-13-7-8-15-5-3-4-6-17(15)12-13/h3-8,12,14,16H,2,9-11H2,1H3. The van der Waals surface area contributed by atoms with Crippen LogP contribution in [0.3, 0.4) is 0 Å². The number of hydrogen-bond donors (Lipinski definition) is 0. The summed E-state index contributed by atoms with van der Waals surface area (Å²) in [5.41, 5.74) is 1.52. The van der Waals surface area contributed by atoms with Crippen LogP contribution in [0.2, 0.25) is 0 Å². The molecule has 2 aromatic carbocycles. The van der Waals surface area contributed by atoms with E-state index in [1.54, 1.807) is 0 Å². The molecule has 2 aromatic rings. The largest absolute Gasteiger partial charge is 0.0651 e. The Morgan fingerprint density at radius 1 is 1.06 bits per heavy atom. The van der Waals surface area contributed by atoms with Gasteiger partial charge < -0.3 is 0 Å². The highest BCUT2D eigenvalue weighted by atomic mass is 14.3. The molecule has 0 aliphatic heterocycles. The quantitative estimate of drug-likeness (QED) is 0.698. The molecule has 0 radical (unpaired) electrons. The zero-order chi connectivity index (χ0) is 11.7. The Hall–Kier alpha value is -1.30. The number of hydrogen-bond acceptors (Lipinski definition) is 0. The number of fused-ring (bicyclic) bond motifs is 1. The molecule has 1 unspecified atom stereocenters. The van der Waals surface area contributed by atoms with E-state index in [4.69, 9.17) is 0 Å². The van der Waals surface area contributed by atoms with Crippen LogP contribution in [-0.4, -0.2) is 0 Å². The fourth-order valence-electron chi connectivity index (χ4n) is 2.88. The van der Waals surface area contributed by atoms with Gasteiger partial charge in [-0.1, -0.05) is 55.8 Å². The third-order valence-electron chi connectivity index (χ3n) is 4.12. The molecule has 1 fully saturated rings. The molecule has 17 heavy (non-hydrogen) atoms. The smallest absolute Gasteiger partial charge is 0.0181 e. The van der Waals surface area contributed by atoms with Crippen molar-refractivity contribution in [2.24, 2.45) is 11.8 Å². The van der Waals surface area contributed by atoms with Crippen molar-refractivity contribution < 1.29 is 0 Å². The topological polar surface area (TPSA) is 0 Å². The molecule has 0 amide bonds. The van der Waals surface area contributed by atoms with E-state index in [-0.39, 0.29) is 0 Å². The van der Waals surface area contributed by atoms with E-state index in [2.05, 4.69) is 49.4 Å². The van der Waals surface area contributed by atoms with Crippen molar-refractivity contribution in [1.82, 2.24) is 0 Å². The molecule has 1 saturated carbocycles. The molecule has 0 aromatic heterocycles. The van der Waals surface area contributed by atoms with Gasteiger partial charge in [0.05, 0.1) is 0 Å². The maximum absolute atomic E-state index is 2.38. The van der Waals surface area contributed by atoms with Crippen molar-refractivity contribution in [3.05, 3.63) is 48.0 Å². The van der Waals surface area contributed by atoms with Gasteiger partial charge in [0.2, 0.25) is 0 Å². The monoisotopic (exact) mass is 224 g/mol. The van der Waals surface area contributed by atoms with E-state index >= 15 is 0 Å². The van der Waals surface area contributed by atoms with Gasteiger partial charge in [0.25, 0.3) is 0 Å². The van der Waals surface area contributed by atoms with Crippen LogP contribution in [0.5, 0.6) is 0 Å². The lowest BCUT2D eigenvalue weighted by molar-refractivity contribution is 0.445. The average molecular weight is 224 g/mol. The van der Waals surface area contributed by atoms with Crippen molar-refractivity contribution in [1.29, 1.82) is 0 Å². The minimum atomic E-state index is 0.913. The third kappa shape index (κ3) is 2.36. The highest BCUT2D eigenvalue weighted by molar-refractivity contribution is 5.82. The molecule has 0 N–H and O–H groups in total. The van der Waals surface area contributed by atoms with Crippen LogP contribution in [-0.2, 0) is 6.42 Å². The summed E-state index contributed by atoms with van der Waals surface area (Å²) in [6.07, 6.45) is 5.53. The average Bonchev–Trinajstić information content (AvgIpc) is 3.20. The normalized spacial score (nSPS) is 17.2. The molecule has 0 bridgehead atoms. The lowest BCUT2D eigenvalue weighted by Gasteiger charge is -2.14. The second kappa shape index (κ2) is 4.52. The SMILES string of the molecule is CCC(Cc1ccc2ccccc2c1)C1CC1. The Labute approximate surface area is 104 Å². The van der Waals surface area contributed by atoms with Crippen molar-refractivity contribution in [2.75, 3.05) is 0 Å². The zero-order valence-electron chi connectivity index (χ0n) is 10.5. The highest BCUT2D eigenvalue weighted by Gasteiger charge is 2.29. The van der Waals surface area contributed by atoms with E-state index in [0.717, 1.165) is 11.8 Å². The second-order valence-corrected chi connectivity index (χ2v) is 5.39. The maximum Gasteiger partial charge on any atom is -0.0181 e. The van der Waals surface area contributed by atoms with Crippen LogP contribution >= 0.6 is 0 Å². The van der Waals surface area contributed by atoms with E-state index in [0.29, 0.717) is 0 Å². The van der Waals surface area contributed by atoms with E-state index in [1.807, 2.05) is 0 Å². The summed E-state index contributed by atoms with van der Waals surface area (Å²) in [4.78, 5) is 0. The van der Waals surface area contributed by atoms with Gasteiger partial charge in [0.15, 0.2) is 0 Å². The third-order valence-corrected chi connectivity index (χ3v) is 4.12. The van der Waals surface area contributed by atoms with Crippen molar-refractivity contribution in [3.63, 3.8) is 0 Å². The molecule has 0 heterocycles. The van der Waals surface area contributed by atoms with Crippen LogP contribution in [0.25, 0.3) is 10.8 Å². The summed E-state index contributed by atoms with van der Waals surface area (Å²) >= 11 is 0. The van der Waals surface area contributed by atoms with Crippen LogP contribution in [0.4, 0.5) is 0 Å². The predicted molar refractivity (Wildman–Crippen MR) is 74.2 cm³/mol. The summed E-state index contributed by atoms with van der Waals surface area (Å²) in [7, 11) is 0. The molecule has 0 nitrogen and oxygen atoms in total. The van der Waals surface area contributed by atoms with Gasteiger partial charge in [0.1, 0.15) is 0 Å². The van der Waals surface area contributed by atoms with Gasteiger partial charge >= 0.3 is 0 Å². The Bertz CT molecular complexity index is 508. The summed E-state index contributed by atoms with van der Waals surface area (Å²) in [5, 5.41) is 2.74. The fraction of sp³-hybridized carbons (Fsp3) is 0.412. The Morgan fingerprint density at radius 2 is 1.82 bits per heavy atom. The molecular weight excluding hydrogens is 204 g/mol. The molecule has 88 valence electrons. The first-order valence-electron chi connectivity index (χ1n) is 6.84. The van der Waals surface area contributed by atoms with Crippen LogP contribution in [0.1, 0.15) is 31.7 Å². The molecule has 0 spiro atoms. The molecule has 3 rings (SSSR count). The highest BCUT2D eigenvalue weighted by Crippen LogP contribution is 2.40. The van der Waals surface area contributed by atoms with Crippen LogP contribution < -0.4 is 0 Å². The van der Waals surface area contributed by atoms with E-state index in [1.165, 1.54) is 42.0 Å². The van der Waals surface area contributed by atoms with Gasteiger partial charge in [-0.2, -0.15) is 0 Å². The number of rotatable bonds is 4. The van der Waals surface area contributed by atoms with E-state index < -0.39 is 0 Å². The van der Waals surface area contributed by atoms with Crippen LogP contribution in [0.15, 0.2) is 42.5 Å².